The second-order valence-electron chi connectivity index (χ2n) is 4.02. The lowest BCUT2D eigenvalue weighted by atomic mass is 9.92. The largest absolute Gasteiger partial charge is 0.493 e. The van der Waals surface area contributed by atoms with Crippen molar-refractivity contribution >= 4 is 0 Å². The van der Waals surface area contributed by atoms with E-state index in [9.17, 15) is 0 Å². The summed E-state index contributed by atoms with van der Waals surface area (Å²) in [5, 5.41) is 12.2. The molecule has 0 unspecified atom stereocenters. The highest BCUT2D eigenvalue weighted by Gasteiger charge is 2.22. The molecule has 1 aliphatic rings. The van der Waals surface area contributed by atoms with Crippen LogP contribution in [0.15, 0.2) is 12.1 Å². The first-order chi connectivity index (χ1) is 8.30. The average molecular weight is 232 g/mol. The second-order valence-corrected chi connectivity index (χ2v) is 4.02. The van der Waals surface area contributed by atoms with Crippen LogP contribution in [0, 0.1) is 11.3 Å². The van der Waals surface area contributed by atoms with Gasteiger partial charge in [0.2, 0.25) is 0 Å². The van der Waals surface area contributed by atoms with Crippen LogP contribution in [-0.2, 0) is 6.42 Å². The number of rotatable bonds is 3. The third-order valence-corrected chi connectivity index (χ3v) is 3.10. The lowest BCUT2D eigenvalue weighted by Crippen LogP contribution is -2.29. The molecule has 90 valence electrons. The summed E-state index contributed by atoms with van der Waals surface area (Å²) in [5.74, 6) is 1.47. The van der Waals surface area contributed by atoms with Gasteiger partial charge < -0.3 is 14.8 Å². The number of nitrogens with one attached hydrogen (secondary N) is 1. The molecule has 4 heteroatoms. The molecule has 0 aliphatic carbocycles. The maximum atomic E-state index is 8.83. The monoisotopic (exact) mass is 232 g/mol. The Morgan fingerprint density at radius 1 is 1.35 bits per heavy atom. The summed E-state index contributed by atoms with van der Waals surface area (Å²) >= 11 is 0. The fraction of sp³-hybridized carbons (Fsp3) is 0.462. The minimum absolute atomic E-state index is 0.101. The maximum Gasteiger partial charge on any atom is 0.161 e. The first kappa shape index (κ1) is 11.7. The van der Waals surface area contributed by atoms with E-state index in [0.29, 0.717) is 6.42 Å². The molecule has 1 atom stereocenters. The van der Waals surface area contributed by atoms with Crippen molar-refractivity contribution in [2.24, 2.45) is 0 Å². The van der Waals surface area contributed by atoms with Gasteiger partial charge in [0.15, 0.2) is 11.5 Å². The highest BCUT2D eigenvalue weighted by atomic mass is 16.5. The number of hydrogen-bond acceptors (Lipinski definition) is 4. The molecule has 1 N–H and O–H groups in total. The molecule has 0 bridgehead atoms. The minimum Gasteiger partial charge on any atom is -0.493 e. The lowest BCUT2D eigenvalue weighted by Gasteiger charge is -2.26. The first-order valence-corrected chi connectivity index (χ1v) is 5.65. The molecule has 1 aromatic carbocycles. The summed E-state index contributed by atoms with van der Waals surface area (Å²) in [5.41, 5.74) is 2.39. The van der Waals surface area contributed by atoms with Crippen molar-refractivity contribution in [1.82, 2.24) is 5.32 Å². The van der Waals surface area contributed by atoms with Crippen molar-refractivity contribution in [3.05, 3.63) is 23.3 Å². The molecule has 1 aromatic rings. The van der Waals surface area contributed by atoms with E-state index in [1.807, 2.05) is 12.1 Å². The number of hydrogen-bond donors (Lipinski definition) is 1. The molecular formula is C13H16N2O2. The Labute approximate surface area is 101 Å². The fourth-order valence-corrected chi connectivity index (χ4v) is 2.24. The molecule has 0 amide bonds. The predicted molar refractivity (Wildman–Crippen MR) is 64.2 cm³/mol. The number of nitriles is 1. The van der Waals surface area contributed by atoms with Crippen molar-refractivity contribution in [1.29, 1.82) is 5.26 Å². The van der Waals surface area contributed by atoms with Gasteiger partial charge in [-0.1, -0.05) is 0 Å². The van der Waals surface area contributed by atoms with Crippen LogP contribution in [0.2, 0.25) is 0 Å². The van der Waals surface area contributed by atoms with Gasteiger partial charge >= 0.3 is 0 Å². The fourth-order valence-electron chi connectivity index (χ4n) is 2.24. The molecule has 0 radical (unpaired) electrons. The Morgan fingerprint density at radius 3 is 2.71 bits per heavy atom. The lowest BCUT2D eigenvalue weighted by molar-refractivity contribution is 0.352. The predicted octanol–water partition coefficient (Wildman–Crippen LogP) is 1.80. The first-order valence-electron chi connectivity index (χ1n) is 5.65. The Balaban J connectivity index is 2.44. The Kier molecular flexibility index (Phi) is 3.50. The molecule has 2 rings (SSSR count). The number of benzene rings is 1. The molecule has 0 saturated heterocycles. The summed E-state index contributed by atoms with van der Waals surface area (Å²) in [7, 11) is 3.26. The van der Waals surface area contributed by atoms with Crippen LogP contribution in [-0.4, -0.2) is 20.8 Å². The molecule has 17 heavy (non-hydrogen) atoms. The van der Waals surface area contributed by atoms with Gasteiger partial charge in [-0.05, 0) is 36.2 Å². The molecule has 4 nitrogen and oxygen atoms in total. The van der Waals surface area contributed by atoms with Gasteiger partial charge in [-0.15, -0.1) is 0 Å². The van der Waals surface area contributed by atoms with E-state index in [1.54, 1.807) is 14.2 Å². The van der Waals surface area contributed by atoms with Gasteiger partial charge in [0.25, 0.3) is 0 Å². The van der Waals surface area contributed by atoms with Crippen molar-refractivity contribution in [3.8, 4) is 17.6 Å². The maximum absolute atomic E-state index is 8.83. The number of nitrogens with zero attached hydrogens (tertiary/aromatic N) is 1. The molecule has 1 heterocycles. The van der Waals surface area contributed by atoms with Crippen LogP contribution in [0.25, 0.3) is 0 Å². The normalized spacial score (nSPS) is 18.1. The van der Waals surface area contributed by atoms with E-state index < -0.39 is 0 Å². The van der Waals surface area contributed by atoms with E-state index in [0.717, 1.165) is 30.0 Å². The number of ether oxygens (including phenoxy) is 2. The molecular weight excluding hydrogens is 216 g/mol. The summed E-state index contributed by atoms with van der Waals surface area (Å²) in [4.78, 5) is 0. The van der Waals surface area contributed by atoms with Gasteiger partial charge in [-0.2, -0.15) is 5.26 Å². The Morgan fingerprint density at radius 2 is 2.06 bits per heavy atom. The number of fused-ring (bicyclic) bond motifs is 1. The van der Waals surface area contributed by atoms with Crippen LogP contribution in [0.3, 0.4) is 0 Å². The molecule has 0 fully saturated rings. The van der Waals surface area contributed by atoms with Crippen LogP contribution in [0.5, 0.6) is 11.5 Å². The van der Waals surface area contributed by atoms with Crippen molar-refractivity contribution < 1.29 is 9.47 Å². The zero-order chi connectivity index (χ0) is 12.3. The van der Waals surface area contributed by atoms with E-state index in [4.69, 9.17) is 14.7 Å². The van der Waals surface area contributed by atoms with Crippen LogP contribution >= 0.6 is 0 Å². The zero-order valence-electron chi connectivity index (χ0n) is 10.1. The minimum atomic E-state index is 0.101. The zero-order valence-corrected chi connectivity index (χ0v) is 10.1. The molecule has 0 spiro atoms. The number of methoxy groups -OCH3 is 2. The van der Waals surface area contributed by atoms with Gasteiger partial charge in [0.05, 0.1) is 26.7 Å². The third-order valence-electron chi connectivity index (χ3n) is 3.10. The van der Waals surface area contributed by atoms with E-state index in [2.05, 4.69) is 11.4 Å². The van der Waals surface area contributed by atoms with E-state index in [1.165, 1.54) is 5.56 Å². The van der Waals surface area contributed by atoms with Crippen molar-refractivity contribution in [2.75, 3.05) is 20.8 Å². The van der Waals surface area contributed by atoms with Crippen molar-refractivity contribution in [3.63, 3.8) is 0 Å². The molecule has 0 saturated carbocycles. The summed E-state index contributed by atoms with van der Waals surface area (Å²) in [6, 6.07) is 6.30. The smallest absolute Gasteiger partial charge is 0.161 e. The Hall–Kier alpha value is -1.73. The average Bonchev–Trinajstić information content (AvgIpc) is 2.38. The van der Waals surface area contributed by atoms with Gasteiger partial charge in [-0.25, -0.2) is 0 Å². The highest BCUT2D eigenvalue weighted by Crippen LogP contribution is 2.35. The van der Waals surface area contributed by atoms with Crippen molar-refractivity contribution in [2.45, 2.75) is 18.9 Å². The molecule has 1 aliphatic heterocycles. The van der Waals surface area contributed by atoms with Crippen LogP contribution in [0.1, 0.15) is 23.6 Å². The molecule has 0 aromatic heterocycles. The van der Waals surface area contributed by atoms with Crippen LogP contribution < -0.4 is 14.8 Å². The Bertz CT molecular complexity index is 451. The summed E-state index contributed by atoms with van der Waals surface area (Å²) in [6.07, 6.45) is 1.43. The van der Waals surface area contributed by atoms with E-state index in [-0.39, 0.29) is 6.04 Å². The van der Waals surface area contributed by atoms with E-state index >= 15 is 0 Å². The standard InChI is InChI=1S/C13H16N2O2/c1-16-12-7-9-4-6-15-11(3-5-14)10(9)8-13(12)17-2/h7-8,11,15H,3-4,6H2,1-2H3/t11-/m1/s1. The SMILES string of the molecule is COc1cc2c(cc1OC)[C@@H](CC#N)NCC2. The quantitative estimate of drug-likeness (QED) is 0.863. The second kappa shape index (κ2) is 5.07. The van der Waals surface area contributed by atoms with Gasteiger partial charge in [-0.3, -0.25) is 0 Å². The summed E-state index contributed by atoms with van der Waals surface area (Å²) < 4.78 is 10.6. The van der Waals surface area contributed by atoms with Gasteiger partial charge in [0.1, 0.15) is 0 Å². The summed E-state index contributed by atoms with van der Waals surface area (Å²) in [6.45, 7) is 0.898. The van der Waals surface area contributed by atoms with Crippen LogP contribution in [0.4, 0.5) is 0 Å². The third kappa shape index (κ3) is 2.20. The topological polar surface area (TPSA) is 54.3 Å². The highest BCUT2D eigenvalue weighted by molar-refractivity contribution is 5.49. The van der Waals surface area contributed by atoms with Gasteiger partial charge in [0, 0.05) is 6.04 Å².